The molecule has 3 rings (SSSR count). The van der Waals surface area contributed by atoms with Crippen molar-refractivity contribution in [2.24, 2.45) is 7.05 Å². The van der Waals surface area contributed by atoms with Crippen molar-refractivity contribution in [1.29, 1.82) is 0 Å². The van der Waals surface area contributed by atoms with Crippen LogP contribution in [0, 0.1) is 0 Å². The number of carbonyl (C=O) groups excluding carboxylic acids is 1. The van der Waals surface area contributed by atoms with Crippen molar-refractivity contribution in [2.45, 2.75) is 31.4 Å². The van der Waals surface area contributed by atoms with Gasteiger partial charge in [-0.3, -0.25) is 4.79 Å². The van der Waals surface area contributed by atoms with Crippen LogP contribution in [0.5, 0.6) is 0 Å². The van der Waals surface area contributed by atoms with Crippen LogP contribution < -0.4 is 0 Å². The monoisotopic (exact) mass is 352 g/mol. The Morgan fingerprint density at radius 3 is 2.52 bits per heavy atom. The number of aryl methyl sites for hydroxylation is 1. The van der Waals surface area contributed by atoms with Crippen LogP contribution >= 0.6 is 0 Å². The van der Waals surface area contributed by atoms with Gasteiger partial charge in [-0.25, -0.2) is 0 Å². The summed E-state index contributed by atoms with van der Waals surface area (Å²) in [6.07, 6.45) is -1.94. The summed E-state index contributed by atoms with van der Waals surface area (Å²) in [5, 5.41) is 7.96. The first-order chi connectivity index (χ1) is 11.8. The fourth-order valence-corrected chi connectivity index (χ4v) is 3.21. The fourth-order valence-electron chi connectivity index (χ4n) is 3.21. The van der Waals surface area contributed by atoms with Gasteiger partial charge in [-0.05, 0) is 31.0 Å². The summed E-state index contributed by atoms with van der Waals surface area (Å²) in [4.78, 5) is 14.4. The summed E-state index contributed by atoms with van der Waals surface area (Å²) in [5.41, 5.74) is -0.125. The molecule has 8 heteroatoms. The molecular formula is C17H19F3N4O. The van der Waals surface area contributed by atoms with E-state index >= 15 is 0 Å². The molecule has 5 nitrogen and oxygen atoms in total. The normalized spacial score (nSPS) is 19.2. The van der Waals surface area contributed by atoms with Crippen molar-refractivity contribution in [3.05, 3.63) is 47.5 Å². The van der Waals surface area contributed by atoms with Crippen molar-refractivity contribution in [3.8, 4) is 0 Å². The Kier molecular flexibility index (Phi) is 4.53. The number of nitrogens with zero attached hydrogens (tertiary/aromatic N) is 4. The van der Waals surface area contributed by atoms with Crippen LogP contribution in [0.15, 0.2) is 30.6 Å². The van der Waals surface area contributed by atoms with Crippen LogP contribution in [-0.2, 0) is 18.0 Å². The van der Waals surface area contributed by atoms with Gasteiger partial charge in [0.15, 0.2) is 0 Å². The number of hydrogen-bond acceptors (Lipinski definition) is 3. The second kappa shape index (κ2) is 6.50. The molecule has 1 aliphatic heterocycles. The molecule has 1 saturated heterocycles. The van der Waals surface area contributed by atoms with Crippen LogP contribution in [0.3, 0.4) is 0 Å². The quantitative estimate of drug-likeness (QED) is 0.853. The Bertz CT molecular complexity index is 754. The molecule has 0 N–H and O–H groups in total. The van der Waals surface area contributed by atoms with Crippen LogP contribution in [0.2, 0.25) is 0 Å². The first-order valence-electron chi connectivity index (χ1n) is 8.07. The van der Waals surface area contributed by atoms with Crippen molar-refractivity contribution in [3.63, 3.8) is 0 Å². The molecule has 0 saturated carbocycles. The zero-order valence-electron chi connectivity index (χ0n) is 14.0. The molecule has 0 spiro atoms. The maximum Gasteiger partial charge on any atom is 0.416 e. The van der Waals surface area contributed by atoms with Crippen molar-refractivity contribution in [2.75, 3.05) is 13.1 Å². The molecule has 0 bridgehead atoms. The van der Waals surface area contributed by atoms with Gasteiger partial charge >= 0.3 is 6.18 Å². The summed E-state index contributed by atoms with van der Waals surface area (Å²) in [6, 6.07) is 4.79. The number of carbonyl (C=O) groups is 1. The first-order valence-corrected chi connectivity index (χ1v) is 8.07. The minimum absolute atomic E-state index is 0.0792. The summed E-state index contributed by atoms with van der Waals surface area (Å²) < 4.78 is 39.8. The maximum atomic E-state index is 12.7. The van der Waals surface area contributed by atoms with Crippen LogP contribution in [-0.4, -0.2) is 38.7 Å². The van der Waals surface area contributed by atoms with Gasteiger partial charge < -0.3 is 9.47 Å². The third-order valence-electron chi connectivity index (χ3n) is 4.72. The molecule has 2 atom stereocenters. The van der Waals surface area contributed by atoms with Gasteiger partial charge in [0.1, 0.15) is 12.2 Å². The van der Waals surface area contributed by atoms with Gasteiger partial charge in [-0.15, -0.1) is 10.2 Å². The Labute approximate surface area is 143 Å². The standard InChI is InChI=1S/C17H19F3N4O/c1-11(12-3-5-14(6-4-12)17(18,19)20)16(25)24-8-7-13(9-24)15-22-21-10-23(15)2/h3-6,10-11,13H,7-9H2,1-2H3. The Morgan fingerprint density at radius 1 is 1.28 bits per heavy atom. The van der Waals surface area contributed by atoms with Crippen LogP contribution in [0.1, 0.15) is 42.1 Å². The van der Waals surface area contributed by atoms with E-state index in [4.69, 9.17) is 0 Å². The van der Waals surface area contributed by atoms with Gasteiger partial charge in [-0.2, -0.15) is 13.2 Å². The SMILES string of the molecule is CC(C(=O)N1CCC(c2nncn2C)C1)c1ccc(C(F)(F)F)cc1. The van der Waals surface area contributed by atoms with E-state index in [1.54, 1.807) is 18.2 Å². The number of hydrogen-bond donors (Lipinski definition) is 0. The summed E-state index contributed by atoms with van der Waals surface area (Å²) in [5.74, 6) is 0.415. The number of alkyl halides is 3. The molecule has 1 aromatic heterocycles. The third-order valence-corrected chi connectivity index (χ3v) is 4.72. The molecule has 0 radical (unpaired) electrons. The second-order valence-electron chi connectivity index (χ2n) is 6.41. The largest absolute Gasteiger partial charge is 0.416 e. The number of halogens is 3. The summed E-state index contributed by atoms with van der Waals surface area (Å²) >= 11 is 0. The lowest BCUT2D eigenvalue weighted by Crippen LogP contribution is -2.32. The van der Waals surface area contributed by atoms with Crippen molar-refractivity contribution in [1.82, 2.24) is 19.7 Å². The molecule has 134 valence electrons. The highest BCUT2D eigenvalue weighted by molar-refractivity contribution is 5.83. The van der Waals surface area contributed by atoms with Gasteiger partial charge in [-0.1, -0.05) is 12.1 Å². The predicted molar refractivity (Wildman–Crippen MR) is 84.8 cm³/mol. The topological polar surface area (TPSA) is 51.0 Å². The van der Waals surface area contributed by atoms with E-state index in [1.165, 1.54) is 12.1 Å². The van der Waals surface area contributed by atoms with Gasteiger partial charge in [0.2, 0.25) is 5.91 Å². The molecule has 25 heavy (non-hydrogen) atoms. The van der Waals surface area contributed by atoms with E-state index in [0.29, 0.717) is 18.7 Å². The number of rotatable bonds is 3. The molecule has 1 fully saturated rings. The zero-order valence-corrected chi connectivity index (χ0v) is 14.0. The molecule has 2 aromatic rings. The lowest BCUT2D eigenvalue weighted by Gasteiger charge is -2.21. The highest BCUT2D eigenvalue weighted by Crippen LogP contribution is 2.32. The second-order valence-corrected chi connectivity index (χ2v) is 6.41. The maximum absolute atomic E-state index is 12.7. The molecule has 1 amide bonds. The Morgan fingerprint density at radius 2 is 1.96 bits per heavy atom. The molecule has 2 unspecified atom stereocenters. The average Bonchev–Trinajstić information content (AvgIpc) is 3.21. The van der Waals surface area contributed by atoms with E-state index in [1.807, 2.05) is 11.6 Å². The minimum Gasteiger partial charge on any atom is -0.341 e. The lowest BCUT2D eigenvalue weighted by molar-refractivity contribution is -0.137. The number of benzene rings is 1. The first kappa shape index (κ1) is 17.4. The van der Waals surface area contributed by atoms with E-state index < -0.39 is 17.7 Å². The molecule has 0 aliphatic carbocycles. The Balaban J connectivity index is 1.68. The van der Waals surface area contributed by atoms with Gasteiger partial charge in [0.25, 0.3) is 0 Å². The molecule has 1 aliphatic rings. The van der Waals surface area contributed by atoms with E-state index in [2.05, 4.69) is 10.2 Å². The predicted octanol–water partition coefficient (Wildman–Crippen LogP) is 2.95. The van der Waals surface area contributed by atoms with Crippen molar-refractivity contribution < 1.29 is 18.0 Å². The third kappa shape index (κ3) is 3.52. The number of likely N-dealkylation sites (tertiary alicyclic amines) is 1. The number of amides is 1. The highest BCUT2D eigenvalue weighted by Gasteiger charge is 2.33. The molecule has 2 heterocycles. The van der Waals surface area contributed by atoms with Gasteiger partial charge in [0, 0.05) is 26.1 Å². The fraction of sp³-hybridized carbons (Fsp3) is 0.471. The van der Waals surface area contributed by atoms with E-state index in [9.17, 15) is 18.0 Å². The van der Waals surface area contributed by atoms with Crippen LogP contribution in [0.4, 0.5) is 13.2 Å². The average molecular weight is 352 g/mol. The van der Waals surface area contributed by atoms with Crippen LogP contribution in [0.25, 0.3) is 0 Å². The smallest absolute Gasteiger partial charge is 0.341 e. The van der Waals surface area contributed by atoms with Gasteiger partial charge in [0.05, 0.1) is 11.5 Å². The Hall–Kier alpha value is -2.38. The summed E-state index contributed by atoms with van der Waals surface area (Å²) in [7, 11) is 1.87. The minimum atomic E-state index is -4.37. The van der Waals surface area contributed by atoms with E-state index in [0.717, 1.165) is 24.4 Å². The lowest BCUT2D eigenvalue weighted by atomic mass is 9.98. The van der Waals surface area contributed by atoms with Crippen molar-refractivity contribution >= 4 is 5.91 Å². The summed E-state index contributed by atoms with van der Waals surface area (Å²) in [6.45, 7) is 2.89. The molecular weight excluding hydrogens is 333 g/mol. The number of aromatic nitrogens is 3. The molecule has 1 aromatic carbocycles. The van der Waals surface area contributed by atoms with E-state index in [-0.39, 0.29) is 11.8 Å². The highest BCUT2D eigenvalue weighted by atomic mass is 19.4. The zero-order chi connectivity index (χ0) is 18.2.